The van der Waals surface area contributed by atoms with E-state index in [2.05, 4.69) is 37.8 Å². The Kier molecular flexibility index (Phi) is 3.50. The van der Waals surface area contributed by atoms with Crippen molar-refractivity contribution >= 4 is 21.7 Å². The number of nitrogens with zero attached hydrogens (tertiary/aromatic N) is 2. The SMILES string of the molecule is C#CCN(CC1CC1)c1ncc(C)cc1Br. The van der Waals surface area contributed by atoms with E-state index in [1.54, 1.807) is 0 Å². The molecule has 0 amide bonds. The number of hydrogen-bond donors (Lipinski definition) is 0. The monoisotopic (exact) mass is 278 g/mol. The Bertz CT molecular complexity index is 418. The van der Waals surface area contributed by atoms with Crippen LogP contribution in [0.25, 0.3) is 0 Å². The summed E-state index contributed by atoms with van der Waals surface area (Å²) in [7, 11) is 0. The molecule has 0 radical (unpaired) electrons. The Morgan fingerprint density at radius 2 is 2.38 bits per heavy atom. The Morgan fingerprint density at radius 1 is 1.62 bits per heavy atom. The summed E-state index contributed by atoms with van der Waals surface area (Å²) >= 11 is 3.56. The molecule has 1 aromatic rings. The lowest BCUT2D eigenvalue weighted by Gasteiger charge is -2.22. The van der Waals surface area contributed by atoms with Gasteiger partial charge in [-0.25, -0.2) is 4.98 Å². The fourth-order valence-corrected chi connectivity index (χ4v) is 2.42. The predicted molar refractivity (Wildman–Crippen MR) is 70.4 cm³/mol. The summed E-state index contributed by atoms with van der Waals surface area (Å²) in [5.74, 6) is 4.48. The number of aromatic nitrogens is 1. The Labute approximate surface area is 105 Å². The molecule has 1 aliphatic rings. The van der Waals surface area contributed by atoms with Gasteiger partial charge in [-0.3, -0.25) is 0 Å². The minimum atomic E-state index is 0.630. The van der Waals surface area contributed by atoms with Gasteiger partial charge in [0.05, 0.1) is 11.0 Å². The molecule has 0 bridgehead atoms. The van der Waals surface area contributed by atoms with Crippen LogP contribution in [0.1, 0.15) is 18.4 Å². The molecule has 16 heavy (non-hydrogen) atoms. The zero-order chi connectivity index (χ0) is 11.5. The molecule has 0 unspecified atom stereocenters. The van der Waals surface area contributed by atoms with Gasteiger partial charge in [-0.05, 0) is 53.2 Å². The van der Waals surface area contributed by atoms with Gasteiger partial charge in [0.25, 0.3) is 0 Å². The summed E-state index contributed by atoms with van der Waals surface area (Å²) in [5, 5.41) is 0. The van der Waals surface area contributed by atoms with Crippen LogP contribution in [0.15, 0.2) is 16.7 Å². The van der Waals surface area contributed by atoms with Gasteiger partial charge in [-0.1, -0.05) is 5.92 Å². The maximum Gasteiger partial charge on any atom is 0.143 e. The smallest absolute Gasteiger partial charge is 0.143 e. The second-order valence-electron chi connectivity index (χ2n) is 4.35. The van der Waals surface area contributed by atoms with Crippen LogP contribution in [0.4, 0.5) is 5.82 Å². The van der Waals surface area contributed by atoms with Crippen molar-refractivity contribution in [3.8, 4) is 12.3 Å². The Hall–Kier alpha value is -1.01. The molecule has 1 saturated carbocycles. The fraction of sp³-hybridized carbons (Fsp3) is 0.462. The van der Waals surface area contributed by atoms with Crippen LogP contribution in [0, 0.1) is 25.2 Å². The normalized spacial score (nSPS) is 14.6. The molecule has 0 N–H and O–H groups in total. The van der Waals surface area contributed by atoms with Crippen molar-refractivity contribution in [2.24, 2.45) is 5.92 Å². The van der Waals surface area contributed by atoms with E-state index in [1.807, 2.05) is 13.1 Å². The number of rotatable bonds is 4. The molecule has 0 saturated heterocycles. The predicted octanol–water partition coefficient (Wildman–Crippen LogP) is 3.00. The maximum absolute atomic E-state index is 5.41. The first kappa shape index (κ1) is 11.5. The largest absolute Gasteiger partial charge is 0.344 e. The second-order valence-corrected chi connectivity index (χ2v) is 5.20. The molecule has 0 aromatic carbocycles. The summed E-state index contributed by atoms with van der Waals surface area (Å²) in [4.78, 5) is 6.64. The zero-order valence-corrected chi connectivity index (χ0v) is 11.0. The van der Waals surface area contributed by atoms with Crippen LogP contribution >= 0.6 is 15.9 Å². The molecule has 2 nitrogen and oxygen atoms in total. The van der Waals surface area contributed by atoms with Gasteiger partial charge in [0, 0.05) is 12.7 Å². The molecule has 2 rings (SSSR count). The van der Waals surface area contributed by atoms with Gasteiger partial charge in [0.1, 0.15) is 5.82 Å². The van der Waals surface area contributed by atoms with Gasteiger partial charge in [-0.15, -0.1) is 6.42 Å². The van der Waals surface area contributed by atoms with Crippen LogP contribution in [-0.2, 0) is 0 Å². The molecule has 0 aliphatic heterocycles. The summed E-state index contributed by atoms with van der Waals surface area (Å²) in [5.41, 5.74) is 1.16. The van der Waals surface area contributed by atoms with E-state index in [0.717, 1.165) is 28.3 Å². The first-order valence-electron chi connectivity index (χ1n) is 5.51. The Balaban J connectivity index is 2.19. The molecular weight excluding hydrogens is 264 g/mol. The topological polar surface area (TPSA) is 16.1 Å². The number of halogens is 1. The highest BCUT2D eigenvalue weighted by atomic mass is 79.9. The van der Waals surface area contributed by atoms with E-state index < -0.39 is 0 Å². The van der Waals surface area contributed by atoms with Crippen molar-refractivity contribution in [3.05, 3.63) is 22.3 Å². The molecule has 1 fully saturated rings. The summed E-state index contributed by atoms with van der Waals surface area (Å²) in [6, 6.07) is 2.08. The molecule has 1 heterocycles. The van der Waals surface area contributed by atoms with Gasteiger partial charge in [0.15, 0.2) is 0 Å². The molecule has 1 aliphatic carbocycles. The van der Waals surface area contributed by atoms with E-state index in [-0.39, 0.29) is 0 Å². The number of pyridine rings is 1. The minimum Gasteiger partial charge on any atom is -0.344 e. The van der Waals surface area contributed by atoms with Crippen LogP contribution in [0.3, 0.4) is 0 Å². The third kappa shape index (κ3) is 2.76. The van der Waals surface area contributed by atoms with Crippen LogP contribution in [0.2, 0.25) is 0 Å². The molecule has 3 heteroatoms. The average molecular weight is 279 g/mol. The number of terminal acetylenes is 1. The lowest BCUT2D eigenvalue weighted by Crippen LogP contribution is -2.27. The van der Waals surface area contributed by atoms with E-state index in [1.165, 1.54) is 12.8 Å². The van der Waals surface area contributed by atoms with Crippen molar-refractivity contribution < 1.29 is 0 Å². The van der Waals surface area contributed by atoms with Crippen LogP contribution < -0.4 is 4.90 Å². The molecular formula is C13H15BrN2. The lowest BCUT2D eigenvalue weighted by molar-refractivity contribution is 0.753. The highest BCUT2D eigenvalue weighted by molar-refractivity contribution is 9.10. The number of anilines is 1. The van der Waals surface area contributed by atoms with Crippen molar-refractivity contribution in [2.75, 3.05) is 18.0 Å². The van der Waals surface area contributed by atoms with Crippen molar-refractivity contribution in [2.45, 2.75) is 19.8 Å². The molecule has 0 spiro atoms. The van der Waals surface area contributed by atoms with Crippen LogP contribution in [0.5, 0.6) is 0 Å². The minimum absolute atomic E-state index is 0.630. The third-order valence-electron chi connectivity index (χ3n) is 2.72. The molecule has 84 valence electrons. The fourth-order valence-electron chi connectivity index (χ4n) is 1.71. The van der Waals surface area contributed by atoms with Gasteiger partial charge in [0.2, 0.25) is 0 Å². The molecule has 0 atom stereocenters. The van der Waals surface area contributed by atoms with Gasteiger partial charge < -0.3 is 4.90 Å². The Morgan fingerprint density at radius 3 is 2.94 bits per heavy atom. The summed E-state index contributed by atoms with van der Waals surface area (Å²) < 4.78 is 1.03. The second kappa shape index (κ2) is 4.88. The number of hydrogen-bond acceptors (Lipinski definition) is 2. The van der Waals surface area contributed by atoms with Crippen molar-refractivity contribution in [1.82, 2.24) is 4.98 Å². The first-order valence-corrected chi connectivity index (χ1v) is 6.30. The highest BCUT2D eigenvalue weighted by Gasteiger charge is 2.25. The van der Waals surface area contributed by atoms with E-state index >= 15 is 0 Å². The van der Waals surface area contributed by atoms with Gasteiger partial charge >= 0.3 is 0 Å². The highest BCUT2D eigenvalue weighted by Crippen LogP contribution is 2.32. The summed E-state index contributed by atoms with van der Waals surface area (Å²) in [6.45, 7) is 3.69. The first-order chi connectivity index (χ1) is 7.70. The van der Waals surface area contributed by atoms with E-state index in [9.17, 15) is 0 Å². The standard InChI is InChI=1S/C13H15BrN2/c1-3-6-16(9-11-4-5-11)13-12(14)7-10(2)8-15-13/h1,7-8,11H,4-6,9H2,2H3. The third-order valence-corrected chi connectivity index (χ3v) is 3.30. The maximum atomic E-state index is 5.41. The van der Waals surface area contributed by atoms with Crippen LogP contribution in [-0.4, -0.2) is 18.1 Å². The van der Waals surface area contributed by atoms with Crippen molar-refractivity contribution in [1.29, 1.82) is 0 Å². The van der Waals surface area contributed by atoms with Gasteiger partial charge in [-0.2, -0.15) is 0 Å². The quantitative estimate of drug-likeness (QED) is 0.788. The summed E-state index contributed by atoms with van der Waals surface area (Å²) in [6.07, 6.45) is 9.94. The lowest BCUT2D eigenvalue weighted by atomic mass is 10.3. The average Bonchev–Trinajstić information content (AvgIpc) is 3.01. The molecule has 1 aromatic heterocycles. The van der Waals surface area contributed by atoms with E-state index in [0.29, 0.717) is 6.54 Å². The number of aryl methyl sites for hydroxylation is 1. The van der Waals surface area contributed by atoms with Crippen molar-refractivity contribution in [3.63, 3.8) is 0 Å². The van der Waals surface area contributed by atoms with E-state index in [4.69, 9.17) is 6.42 Å². The zero-order valence-electron chi connectivity index (χ0n) is 9.41.